The lowest BCUT2D eigenvalue weighted by Crippen LogP contribution is -2.44. The molecule has 0 bridgehead atoms. The molecule has 12 nitrogen and oxygen atoms in total. The van der Waals surface area contributed by atoms with E-state index in [0.29, 0.717) is 31.4 Å². The lowest BCUT2D eigenvalue weighted by molar-refractivity contribution is 0.0428. The van der Waals surface area contributed by atoms with Crippen LogP contribution in [0.4, 0.5) is 20.2 Å². The maximum Gasteiger partial charge on any atom is 0.425 e. The molecular weight excluding hydrogens is 504 g/mol. The summed E-state index contributed by atoms with van der Waals surface area (Å²) in [5, 5.41) is 12.8. The van der Waals surface area contributed by atoms with E-state index in [1.54, 1.807) is 57.2 Å². The molecule has 202 valence electrons. The first-order valence-corrected chi connectivity index (χ1v) is 12.3. The van der Waals surface area contributed by atoms with Crippen molar-refractivity contribution in [3.05, 3.63) is 23.9 Å². The Kier molecular flexibility index (Phi) is 8.31. The minimum Gasteiger partial charge on any atom is -0.445 e. The number of anilines is 1. The fourth-order valence-electron chi connectivity index (χ4n) is 3.70. The molecule has 1 aliphatic heterocycles. The number of piperidine rings is 1. The van der Waals surface area contributed by atoms with Crippen LogP contribution >= 0.6 is 11.6 Å². The third kappa shape index (κ3) is 7.09. The second-order valence-corrected chi connectivity index (χ2v) is 10.9. The maximum atomic E-state index is 13.2. The number of imide groups is 1. The average molecular weight is 537 g/mol. The minimum atomic E-state index is -0.968. The maximum absolute atomic E-state index is 13.2. The summed E-state index contributed by atoms with van der Waals surface area (Å²) in [6.07, 6.45) is 0.235. The molecule has 2 aromatic heterocycles. The normalized spacial score (nSPS) is 14.8. The Labute approximate surface area is 220 Å². The van der Waals surface area contributed by atoms with Crippen molar-refractivity contribution in [2.75, 3.05) is 24.6 Å². The number of fused-ring (bicyclic) bond motifs is 1. The first-order chi connectivity index (χ1) is 17.2. The SMILES string of the molecule is C=CCOC(=O)N1CCC(n2nc(N(C(=O)OC(C)(C)C)C(=O)OC(C)(C)C)c3nnc(Cl)cc32)CC1. The van der Waals surface area contributed by atoms with Crippen molar-refractivity contribution >= 4 is 46.7 Å². The van der Waals surface area contributed by atoms with E-state index in [4.69, 9.17) is 25.8 Å². The molecule has 0 aromatic carbocycles. The van der Waals surface area contributed by atoms with Crippen LogP contribution in [-0.2, 0) is 14.2 Å². The number of nitrogens with zero attached hydrogens (tertiary/aromatic N) is 6. The number of carbonyl (C=O) groups excluding carboxylic acids is 3. The van der Waals surface area contributed by atoms with Crippen molar-refractivity contribution in [3.63, 3.8) is 0 Å². The number of hydrogen-bond donors (Lipinski definition) is 0. The summed E-state index contributed by atoms with van der Waals surface area (Å²) in [5.41, 5.74) is -1.14. The van der Waals surface area contributed by atoms with E-state index in [1.165, 1.54) is 6.08 Å². The van der Waals surface area contributed by atoms with Crippen molar-refractivity contribution in [3.8, 4) is 0 Å². The van der Waals surface area contributed by atoms with E-state index in [2.05, 4.69) is 21.9 Å². The Morgan fingerprint density at radius 2 is 1.65 bits per heavy atom. The fourth-order valence-corrected chi connectivity index (χ4v) is 3.84. The Morgan fingerprint density at radius 1 is 1.08 bits per heavy atom. The van der Waals surface area contributed by atoms with Gasteiger partial charge in [-0.05, 0) is 54.4 Å². The molecule has 1 saturated heterocycles. The van der Waals surface area contributed by atoms with Crippen molar-refractivity contribution in [2.24, 2.45) is 0 Å². The topological polar surface area (TPSA) is 129 Å². The van der Waals surface area contributed by atoms with Crippen LogP contribution in [0.5, 0.6) is 0 Å². The largest absolute Gasteiger partial charge is 0.445 e. The van der Waals surface area contributed by atoms with Gasteiger partial charge in [-0.2, -0.15) is 10.00 Å². The van der Waals surface area contributed by atoms with Gasteiger partial charge < -0.3 is 19.1 Å². The zero-order valence-electron chi connectivity index (χ0n) is 22.0. The van der Waals surface area contributed by atoms with Crippen molar-refractivity contribution in [2.45, 2.75) is 71.6 Å². The molecule has 0 spiro atoms. The number of likely N-dealkylation sites (tertiary alicyclic amines) is 1. The minimum absolute atomic E-state index is 0.0875. The highest BCUT2D eigenvalue weighted by Crippen LogP contribution is 2.33. The van der Waals surface area contributed by atoms with Gasteiger partial charge in [0.25, 0.3) is 0 Å². The molecule has 0 atom stereocenters. The summed E-state index contributed by atoms with van der Waals surface area (Å²) in [6, 6.07) is 1.38. The number of ether oxygens (including phenoxy) is 3. The summed E-state index contributed by atoms with van der Waals surface area (Å²) < 4.78 is 17.8. The summed E-state index contributed by atoms with van der Waals surface area (Å²) in [6.45, 7) is 14.6. The van der Waals surface area contributed by atoms with Crippen LogP contribution in [0.25, 0.3) is 11.0 Å². The lowest BCUT2D eigenvalue weighted by Gasteiger charge is -2.31. The molecule has 0 saturated carbocycles. The van der Waals surface area contributed by atoms with Crippen molar-refractivity contribution < 1.29 is 28.6 Å². The summed E-state index contributed by atoms with van der Waals surface area (Å²) in [4.78, 5) is 40.9. The van der Waals surface area contributed by atoms with Gasteiger partial charge >= 0.3 is 18.3 Å². The van der Waals surface area contributed by atoms with Crippen LogP contribution in [0.3, 0.4) is 0 Å². The van der Waals surface area contributed by atoms with E-state index in [9.17, 15) is 14.4 Å². The number of hydrogen-bond acceptors (Lipinski definition) is 9. The van der Waals surface area contributed by atoms with Crippen LogP contribution in [0.1, 0.15) is 60.4 Å². The van der Waals surface area contributed by atoms with Gasteiger partial charge in [0, 0.05) is 19.2 Å². The molecule has 3 amide bonds. The van der Waals surface area contributed by atoms with Gasteiger partial charge in [0.05, 0.1) is 11.6 Å². The summed E-state index contributed by atoms with van der Waals surface area (Å²) >= 11 is 6.14. The van der Waals surface area contributed by atoms with E-state index < -0.39 is 29.5 Å². The van der Waals surface area contributed by atoms with Gasteiger partial charge in [-0.3, -0.25) is 4.68 Å². The number of aromatic nitrogens is 4. The lowest BCUT2D eigenvalue weighted by atomic mass is 10.1. The van der Waals surface area contributed by atoms with Gasteiger partial charge in [0.15, 0.2) is 16.5 Å². The molecule has 13 heteroatoms. The van der Waals surface area contributed by atoms with Crippen LogP contribution in [-0.4, -0.2) is 74.1 Å². The molecule has 1 fully saturated rings. The molecule has 0 radical (unpaired) electrons. The number of amides is 3. The molecule has 0 aliphatic carbocycles. The Balaban J connectivity index is 2.01. The van der Waals surface area contributed by atoms with E-state index in [0.717, 1.165) is 4.90 Å². The van der Waals surface area contributed by atoms with Crippen LogP contribution in [0, 0.1) is 0 Å². The van der Waals surface area contributed by atoms with E-state index in [-0.39, 0.29) is 29.1 Å². The van der Waals surface area contributed by atoms with Gasteiger partial charge in [0.2, 0.25) is 0 Å². The van der Waals surface area contributed by atoms with Gasteiger partial charge in [-0.25, -0.2) is 14.4 Å². The fraction of sp³-hybridized carbons (Fsp3) is 0.583. The van der Waals surface area contributed by atoms with Gasteiger partial charge in [-0.15, -0.1) is 10.2 Å². The highest BCUT2D eigenvalue weighted by Gasteiger charge is 2.37. The van der Waals surface area contributed by atoms with Crippen LogP contribution in [0.2, 0.25) is 5.15 Å². The molecule has 2 aromatic rings. The predicted octanol–water partition coefficient (Wildman–Crippen LogP) is 5.12. The summed E-state index contributed by atoms with van der Waals surface area (Å²) in [5.74, 6) is -0.0875. The number of carbonyl (C=O) groups is 3. The Morgan fingerprint density at radius 3 is 2.16 bits per heavy atom. The van der Waals surface area contributed by atoms with Crippen molar-refractivity contribution in [1.82, 2.24) is 24.9 Å². The third-order valence-electron chi connectivity index (χ3n) is 5.16. The standard InChI is InChI=1S/C24H33ClN6O6/c1-8-13-35-20(32)29-11-9-15(10-12-29)31-16-14-17(25)26-27-18(16)19(28-31)30(21(33)36-23(2,3)4)22(34)37-24(5,6)7/h8,14-15H,1,9-13H2,2-7H3. The number of rotatable bonds is 4. The average Bonchev–Trinajstić information content (AvgIpc) is 3.13. The predicted molar refractivity (Wildman–Crippen MR) is 137 cm³/mol. The molecule has 1 aliphatic rings. The zero-order chi connectivity index (χ0) is 27.5. The molecule has 37 heavy (non-hydrogen) atoms. The van der Waals surface area contributed by atoms with Gasteiger partial charge in [0.1, 0.15) is 17.8 Å². The first-order valence-electron chi connectivity index (χ1n) is 11.9. The van der Waals surface area contributed by atoms with Crippen molar-refractivity contribution in [1.29, 1.82) is 0 Å². The van der Waals surface area contributed by atoms with E-state index >= 15 is 0 Å². The van der Waals surface area contributed by atoms with Crippen LogP contribution in [0.15, 0.2) is 18.7 Å². The monoisotopic (exact) mass is 536 g/mol. The Bertz CT molecular complexity index is 1150. The quantitative estimate of drug-likeness (QED) is 0.386. The first kappa shape index (κ1) is 28.2. The second-order valence-electron chi connectivity index (χ2n) is 10.5. The van der Waals surface area contributed by atoms with Crippen LogP contribution < -0.4 is 4.90 Å². The summed E-state index contributed by atoms with van der Waals surface area (Å²) in [7, 11) is 0. The molecule has 0 N–H and O–H groups in total. The molecular formula is C24H33ClN6O6. The molecule has 3 heterocycles. The smallest absolute Gasteiger partial charge is 0.425 e. The highest BCUT2D eigenvalue weighted by molar-refractivity contribution is 6.30. The number of halogens is 1. The third-order valence-corrected chi connectivity index (χ3v) is 5.35. The molecule has 3 rings (SSSR count). The zero-order valence-corrected chi connectivity index (χ0v) is 22.7. The highest BCUT2D eigenvalue weighted by atomic mass is 35.5. The Hall–Kier alpha value is -3.41. The van der Waals surface area contributed by atoms with Gasteiger partial charge in [-0.1, -0.05) is 24.3 Å². The second kappa shape index (κ2) is 10.9. The van der Waals surface area contributed by atoms with E-state index in [1.807, 2.05) is 0 Å². The molecule has 0 unspecified atom stereocenters.